The van der Waals surface area contributed by atoms with E-state index in [1.165, 1.54) is 6.07 Å². The van der Waals surface area contributed by atoms with Gasteiger partial charge in [0.1, 0.15) is 11.9 Å². The number of rotatable bonds is 2. The summed E-state index contributed by atoms with van der Waals surface area (Å²) in [5.41, 5.74) is 0.299. The minimum absolute atomic E-state index is 0.0371. The number of amides is 3. The van der Waals surface area contributed by atoms with E-state index in [-0.39, 0.29) is 16.5 Å². The van der Waals surface area contributed by atoms with Crippen molar-refractivity contribution in [3.8, 4) is 0 Å². The maximum absolute atomic E-state index is 14.8. The number of nitrogens with one attached hydrogen (secondary N) is 1. The van der Waals surface area contributed by atoms with E-state index in [1.807, 2.05) is 6.92 Å². The molecule has 166 valence electrons. The number of hydrogen-bond donors (Lipinski definition) is 2. The molecule has 0 aliphatic carbocycles. The van der Waals surface area contributed by atoms with Gasteiger partial charge in [0.25, 0.3) is 5.91 Å². The number of carbonyl (C=O) groups is 2. The van der Waals surface area contributed by atoms with E-state index in [0.29, 0.717) is 42.4 Å². The molecule has 2 aromatic carbocycles. The topological polar surface area (TPSA) is 87.5 Å². The van der Waals surface area contributed by atoms with Crippen molar-refractivity contribution in [2.45, 2.75) is 31.4 Å². The first-order valence-corrected chi connectivity index (χ1v) is 10.9. The van der Waals surface area contributed by atoms with Gasteiger partial charge in [0.15, 0.2) is 0 Å². The molecule has 32 heavy (non-hydrogen) atoms. The third kappa shape index (κ3) is 3.01. The second kappa shape index (κ2) is 7.56. The molecular formula is C23H22ClFN4O3. The molecule has 1 unspecified atom stereocenters. The molecule has 0 spiro atoms. The molecule has 0 saturated carbocycles. The minimum Gasteiger partial charge on any atom is -0.386 e. The van der Waals surface area contributed by atoms with Crippen LogP contribution < -0.4 is 5.32 Å². The molecule has 3 heterocycles. The molecule has 7 nitrogen and oxygen atoms in total. The molecule has 5 rings (SSSR count). The molecule has 2 aliphatic rings. The van der Waals surface area contributed by atoms with E-state index in [4.69, 9.17) is 11.6 Å². The second-order valence-electron chi connectivity index (χ2n) is 8.60. The van der Waals surface area contributed by atoms with Crippen LogP contribution in [0, 0.1) is 11.7 Å². The van der Waals surface area contributed by atoms with Crippen LogP contribution in [0.4, 0.5) is 9.18 Å². The SMILES string of the molecule is CC1(C2CCN(C(=O)NC(=O)c3ccccc3)CC2)[C@H](O)c2c(F)c(Cl)cc3cnn1c23. The Morgan fingerprint density at radius 2 is 1.94 bits per heavy atom. The van der Waals surface area contributed by atoms with Crippen molar-refractivity contribution in [3.05, 3.63) is 64.6 Å². The van der Waals surface area contributed by atoms with E-state index >= 15 is 0 Å². The highest BCUT2D eigenvalue weighted by atomic mass is 35.5. The van der Waals surface area contributed by atoms with Gasteiger partial charge in [-0.1, -0.05) is 29.8 Å². The summed E-state index contributed by atoms with van der Waals surface area (Å²) < 4.78 is 16.5. The lowest BCUT2D eigenvalue weighted by Gasteiger charge is -2.42. The van der Waals surface area contributed by atoms with Crippen LogP contribution in [0.25, 0.3) is 10.9 Å². The lowest BCUT2D eigenvalue weighted by molar-refractivity contribution is -0.0129. The predicted octanol–water partition coefficient (Wildman–Crippen LogP) is 3.85. The molecule has 2 aliphatic heterocycles. The Bertz CT molecular complexity index is 1220. The number of urea groups is 1. The number of aliphatic hydroxyl groups excluding tert-OH is 1. The highest BCUT2D eigenvalue weighted by molar-refractivity contribution is 6.31. The van der Waals surface area contributed by atoms with Gasteiger partial charge >= 0.3 is 6.03 Å². The summed E-state index contributed by atoms with van der Waals surface area (Å²) in [4.78, 5) is 26.5. The summed E-state index contributed by atoms with van der Waals surface area (Å²) >= 11 is 6.03. The van der Waals surface area contributed by atoms with E-state index in [2.05, 4.69) is 10.4 Å². The van der Waals surface area contributed by atoms with Gasteiger partial charge in [-0.2, -0.15) is 5.10 Å². The Labute approximate surface area is 188 Å². The average Bonchev–Trinajstić information content (AvgIpc) is 3.32. The van der Waals surface area contributed by atoms with E-state index in [9.17, 15) is 19.1 Å². The maximum atomic E-state index is 14.8. The monoisotopic (exact) mass is 456 g/mol. The van der Waals surface area contributed by atoms with Crippen LogP contribution in [0.1, 0.15) is 41.8 Å². The van der Waals surface area contributed by atoms with Gasteiger partial charge < -0.3 is 10.0 Å². The number of hydrogen-bond acceptors (Lipinski definition) is 4. The van der Waals surface area contributed by atoms with E-state index < -0.39 is 29.4 Å². The number of piperidine rings is 1. The lowest BCUT2D eigenvalue weighted by atomic mass is 9.75. The molecule has 2 N–H and O–H groups in total. The third-order valence-corrected chi connectivity index (χ3v) is 7.20. The van der Waals surface area contributed by atoms with Crippen LogP contribution >= 0.6 is 11.6 Å². The highest BCUT2D eigenvalue weighted by Gasteiger charge is 2.52. The number of benzene rings is 2. The zero-order valence-corrected chi connectivity index (χ0v) is 18.1. The van der Waals surface area contributed by atoms with Gasteiger partial charge in [-0.25, -0.2) is 9.18 Å². The summed E-state index contributed by atoms with van der Waals surface area (Å²) in [5, 5.41) is 18.7. The lowest BCUT2D eigenvalue weighted by Crippen LogP contribution is -2.51. The molecule has 1 saturated heterocycles. The standard InChI is InChI=1S/C23H22ClFN4O3/c1-23(20(30)17-18(25)16(24)11-14-12-26-29(23)19(14)17)15-7-9-28(10-8-15)22(32)27-21(31)13-5-3-2-4-6-13/h2-6,11-12,15,20,30H,7-10H2,1H3,(H,27,31,32)/t20-,23?/m1/s1. The van der Waals surface area contributed by atoms with Gasteiger partial charge in [0.05, 0.1) is 22.3 Å². The second-order valence-corrected chi connectivity index (χ2v) is 9.00. The Morgan fingerprint density at radius 1 is 1.25 bits per heavy atom. The van der Waals surface area contributed by atoms with Gasteiger partial charge in [-0.3, -0.25) is 14.8 Å². The van der Waals surface area contributed by atoms with Crippen molar-refractivity contribution in [3.63, 3.8) is 0 Å². The Kier molecular flexibility index (Phi) is 4.94. The first-order chi connectivity index (χ1) is 15.3. The van der Waals surface area contributed by atoms with Gasteiger partial charge in [0, 0.05) is 29.6 Å². The quantitative estimate of drug-likeness (QED) is 0.613. The van der Waals surface area contributed by atoms with Crippen molar-refractivity contribution in [1.29, 1.82) is 0 Å². The first-order valence-electron chi connectivity index (χ1n) is 10.5. The van der Waals surface area contributed by atoms with Crippen molar-refractivity contribution < 1.29 is 19.1 Å². The molecule has 0 radical (unpaired) electrons. The van der Waals surface area contributed by atoms with Crippen LogP contribution in [0.2, 0.25) is 5.02 Å². The first kappa shape index (κ1) is 20.9. The van der Waals surface area contributed by atoms with Gasteiger partial charge in [-0.15, -0.1) is 0 Å². The molecule has 1 fully saturated rings. The molecule has 3 aromatic rings. The fourth-order valence-corrected chi connectivity index (χ4v) is 5.31. The molecule has 9 heteroatoms. The number of halogens is 2. The van der Waals surface area contributed by atoms with Crippen molar-refractivity contribution >= 4 is 34.4 Å². The third-order valence-electron chi connectivity index (χ3n) is 6.93. The highest BCUT2D eigenvalue weighted by Crippen LogP contribution is 2.52. The van der Waals surface area contributed by atoms with E-state index in [1.54, 1.807) is 46.1 Å². The number of carbonyl (C=O) groups excluding carboxylic acids is 2. The van der Waals surface area contributed by atoms with Crippen molar-refractivity contribution in [2.75, 3.05) is 13.1 Å². The van der Waals surface area contributed by atoms with Crippen molar-refractivity contribution in [1.82, 2.24) is 20.0 Å². The fourth-order valence-electron chi connectivity index (χ4n) is 5.09. The Balaban J connectivity index is 1.32. The van der Waals surface area contributed by atoms with E-state index in [0.717, 1.165) is 0 Å². The van der Waals surface area contributed by atoms with Crippen LogP contribution in [0.3, 0.4) is 0 Å². The van der Waals surface area contributed by atoms with Crippen LogP contribution in [-0.2, 0) is 5.54 Å². The predicted molar refractivity (Wildman–Crippen MR) is 117 cm³/mol. The zero-order chi connectivity index (χ0) is 22.6. The summed E-state index contributed by atoms with van der Waals surface area (Å²) in [7, 11) is 0. The van der Waals surface area contributed by atoms with Crippen LogP contribution in [0.15, 0.2) is 42.6 Å². The van der Waals surface area contributed by atoms with Gasteiger partial charge in [0.2, 0.25) is 0 Å². The number of aromatic nitrogens is 2. The van der Waals surface area contributed by atoms with Gasteiger partial charge in [-0.05, 0) is 43.9 Å². The zero-order valence-electron chi connectivity index (χ0n) is 17.4. The summed E-state index contributed by atoms with van der Waals surface area (Å²) in [5.74, 6) is -1.12. The Morgan fingerprint density at radius 3 is 2.62 bits per heavy atom. The molecule has 0 bridgehead atoms. The molecule has 3 amide bonds. The number of likely N-dealkylation sites (tertiary alicyclic amines) is 1. The van der Waals surface area contributed by atoms with Crippen molar-refractivity contribution in [2.24, 2.45) is 5.92 Å². The Hall–Kier alpha value is -2.97. The number of aliphatic hydroxyl groups is 1. The molecular weight excluding hydrogens is 435 g/mol. The van der Waals surface area contributed by atoms with Crippen LogP contribution in [-0.4, -0.2) is 44.8 Å². The maximum Gasteiger partial charge on any atom is 0.324 e. The molecule has 2 atom stereocenters. The number of imide groups is 1. The summed E-state index contributed by atoms with van der Waals surface area (Å²) in [6, 6.07) is 9.63. The summed E-state index contributed by atoms with van der Waals surface area (Å²) in [6.07, 6.45) is 1.68. The summed E-state index contributed by atoms with van der Waals surface area (Å²) in [6.45, 7) is 2.69. The fraction of sp³-hybridized carbons (Fsp3) is 0.348. The largest absolute Gasteiger partial charge is 0.386 e. The van der Waals surface area contributed by atoms with Crippen LogP contribution in [0.5, 0.6) is 0 Å². The molecule has 1 aromatic heterocycles. The normalized spacial score (nSPS) is 23.0. The smallest absolute Gasteiger partial charge is 0.324 e. The average molecular weight is 457 g/mol. The minimum atomic E-state index is -1.10. The number of nitrogens with zero attached hydrogens (tertiary/aromatic N) is 3.